The van der Waals surface area contributed by atoms with Gasteiger partial charge in [-0.1, -0.05) is 24.3 Å². The Morgan fingerprint density at radius 1 is 1.16 bits per heavy atom. The molecule has 1 amide bonds. The number of carbonyl (C=O) groups is 1. The number of amides is 1. The Kier molecular flexibility index (Phi) is 4.18. The van der Waals surface area contributed by atoms with E-state index in [1.807, 2.05) is 50.2 Å². The highest BCUT2D eigenvalue weighted by atomic mass is 16.5. The second kappa shape index (κ2) is 6.05. The van der Waals surface area contributed by atoms with E-state index >= 15 is 0 Å². The molecule has 0 bridgehead atoms. The maximum Gasteiger partial charge on any atom is 0.255 e. The largest absolute Gasteiger partial charge is 0.457 e. The highest BCUT2D eigenvalue weighted by Gasteiger charge is 2.11. The molecule has 0 spiro atoms. The van der Waals surface area contributed by atoms with Crippen LogP contribution in [-0.4, -0.2) is 12.5 Å². The summed E-state index contributed by atoms with van der Waals surface area (Å²) in [6.07, 6.45) is 0. The van der Waals surface area contributed by atoms with E-state index < -0.39 is 0 Å². The minimum absolute atomic E-state index is 0.120. The van der Waals surface area contributed by atoms with Crippen molar-refractivity contribution in [2.24, 2.45) is 0 Å². The van der Waals surface area contributed by atoms with Crippen molar-refractivity contribution in [2.45, 2.75) is 13.8 Å². The van der Waals surface area contributed by atoms with Gasteiger partial charge in [0.15, 0.2) is 0 Å². The van der Waals surface area contributed by atoms with Gasteiger partial charge in [-0.2, -0.15) is 0 Å². The van der Waals surface area contributed by atoms with Gasteiger partial charge in [0.2, 0.25) is 0 Å². The maximum atomic E-state index is 11.9. The van der Waals surface area contributed by atoms with E-state index in [1.54, 1.807) is 12.1 Å². The van der Waals surface area contributed by atoms with E-state index in [4.69, 9.17) is 4.74 Å². The van der Waals surface area contributed by atoms with Crippen molar-refractivity contribution in [1.82, 2.24) is 5.32 Å². The first-order chi connectivity index (χ1) is 9.20. The monoisotopic (exact) mass is 255 g/mol. The molecule has 0 atom stereocenters. The minimum atomic E-state index is -0.120. The van der Waals surface area contributed by atoms with Gasteiger partial charge >= 0.3 is 0 Å². The van der Waals surface area contributed by atoms with Crippen LogP contribution in [0.25, 0.3) is 0 Å². The molecule has 3 nitrogen and oxygen atoms in total. The molecule has 2 aromatic carbocycles. The molecule has 0 radical (unpaired) electrons. The van der Waals surface area contributed by atoms with E-state index in [-0.39, 0.29) is 5.91 Å². The van der Waals surface area contributed by atoms with Crippen molar-refractivity contribution in [2.75, 3.05) is 6.54 Å². The number of hydrogen-bond donors (Lipinski definition) is 1. The summed E-state index contributed by atoms with van der Waals surface area (Å²) in [7, 11) is 0. The molecular formula is C16H17NO2. The van der Waals surface area contributed by atoms with Gasteiger partial charge in [0.05, 0.1) is 5.56 Å². The van der Waals surface area contributed by atoms with Gasteiger partial charge in [-0.05, 0) is 43.7 Å². The van der Waals surface area contributed by atoms with E-state index in [1.165, 1.54) is 0 Å². The number of aryl methyl sites for hydroxylation is 1. The summed E-state index contributed by atoms with van der Waals surface area (Å²) >= 11 is 0. The lowest BCUT2D eigenvalue weighted by molar-refractivity contribution is 0.0953. The van der Waals surface area contributed by atoms with Crippen LogP contribution in [0, 0.1) is 6.92 Å². The number of para-hydroxylation sites is 1. The van der Waals surface area contributed by atoms with Gasteiger partial charge < -0.3 is 10.1 Å². The fourth-order valence-corrected chi connectivity index (χ4v) is 1.80. The quantitative estimate of drug-likeness (QED) is 0.907. The van der Waals surface area contributed by atoms with E-state index in [2.05, 4.69) is 5.32 Å². The number of ether oxygens (including phenoxy) is 1. The Bertz CT molecular complexity index is 578. The van der Waals surface area contributed by atoms with Crippen molar-refractivity contribution in [3.8, 4) is 11.5 Å². The predicted octanol–water partition coefficient (Wildman–Crippen LogP) is 3.54. The van der Waals surface area contributed by atoms with Crippen molar-refractivity contribution < 1.29 is 9.53 Å². The van der Waals surface area contributed by atoms with Gasteiger partial charge in [-0.25, -0.2) is 0 Å². The standard InChI is InChI=1S/C16H17NO2/c1-3-17-16(18)14-9-4-5-10-15(14)19-13-8-6-7-12(2)11-13/h4-11H,3H2,1-2H3,(H,17,18). The van der Waals surface area contributed by atoms with Crippen LogP contribution in [0.1, 0.15) is 22.8 Å². The number of carbonyl (C=O) groups excluding carboxylic acids is 1. The third kappa shape index (κ3) is 3.35. The van der Waals surface area contributed by atoms with Crippen molar-refractivity contribution in [1.29, 1.82) is 0 Å². The molecule has 0 fully saturated rings. The summed E-state index contributed by atoms with van der Waals surface area (Å²) in [5.41, 5.74) is 1.67. The minimum Gasteiger partial charge on any atom is -0.457 e. The summed E-state index contributed by atoms with van der Waals surface area (Å²) in [5.74, 6) is 1.18. The van der Waals surface area contributed by atoms with Crippen LogP contribution in [0.4, 0.5) is 0 Å². The Morgan fingerprint density at radius 3 is 2.68 bits per heavy atom. The summed E-state index contributed by atoms with van der Waals surface area (Å²) in [6.45, 7) is 4.49. The maximum absolute atomic E-state index is 11.9. The lowest BCUT2D eigenvalue weighted by Gasteiger charge is -2.11. The topological polar surface area (TPSA) is 38.3 Å². The van der Waals surface area contributed by atoms with E-state index in [0.29, 0.717) is 17.9 Å². The molecule has 98 valence electrons. The zero-order valence-corrected chi connectivity index (χ0v) is 11.1. The third-order valence-electron chi connectivity index (χ3n) is 2.69. The van der Waals surface area contributed by atoms with Crippen LogP contribution in [0.2, 0.25) is 0 Å². The first-order valence-corrected chi connectivity index (χ1v) is 6.32. The summed E-state index contributed by atoms with van der Waals surface area (Å²) < 4.78 is 5.80. The highest BCUT2D eigenvalue weighted by molar-refractivity contribution is 5.96. The average molecular weight is 255 g/mol. The third-order valence-corrected chi connectivity index (χ3v) is 2.69. The molecule has 0 unspecified atom stereocenters. The predicted molar refractivity (Wildman–Crippen MR) is 75.7 cm³/mol. The molecule has 0 aromatic heterocycles. The smallest absolute Gasteiger partial charge is 0.255 e. The van der Waals surface area contributed by atoms with Gasteiger partial charge in [-0.3, -0.25) is 4.79 Å². The number of hydrogen-bond acceptors (Lipinski definition) is 2. The molecule has 2 rings (SSSR count). The Balaban J connectivity index is 2.27. The zero-order chi connectivity index (χ0) is 13.7. The number of nitrogens with one attached hydrogen (secondary N) is 1. The molecule has 0 aliphatic carbocycles. The van der Waals surface area contributed by atoms with Gasteiger partial charge in [0.25, 0.3) is 5.91 Å². The number of rotatable bonds is 4. The molecule has 0 aliphatic heterocycles. The summed E-state index contributed by atoms with van der Waals surface area (Å²) in [5, 5.41) is 2.78. The van der Waals surface area contributed by atoms with E-state index in [0.717, 1.165) is 11.3 Å². The van der Waals surface area contributed by atoms with E-state index in [9.17, 15) is 4.79 Å². The Labute approximate surface area is 113 Å². The van der Waals surface area contributed by atoms with Gasteiger partial charge in [0, 0.05) is 6.54 Å². The normalized spacial score (nSPS) is 10.0. The Hall–Kier alpha value is -2.29. The fraction of sp³-hybridized carbons (Fsp3) is 0.188. The van der Waals surface area contributed by atoms with Gasteiger partial charge in [-0.15, -0.1) is 0 Å². The Morgan fingerprint density at radius 2 is 1.95 bits per heavy atom. The molecule has 0 saturated heterocycles. The SMILES string of the molecule is CCNC(=O)c1ccccc1Oc1cccc(C)c1. The lowest BCUT2D eigenvalue weighted by atomic mass is 10.2. The van der Waals surface area contributed by atoms with Crippen LogP contribution in [-0.2, 0) is 0 Å². The first-order valence-electron chi connectivity index (χ1n) is 6.32. The summed E-state index contributed by atoms with van der Waals surface area (Å²) in [6, 6.07) is 15.0. The molecule has 3 heteroatoms. The molecule has 19 heavy (non-hydrogen) atoms. The van der Waals surface area contributed by atoms with Gasteiger partial charge in [0.1, 0.15) is 11.5 Å². The van der Waals surface area contributed by atoms with Crippen LogP contribution >= 0.6 is 0 Å². The first kappa shape index (κ1) is 13.1. The van der Waals surface area contributed by atoms with Crippen LogP contribution in [0.3, 0.4) is 0 Å². The van der Waals surface area contributed by atoms with Crippen LogP contribution < -0.4 is 10.1 Å². The molecule has 2 aromatic rings. The molecule has 1 N–H and O–H groups in total. The van der Waals surface area contributed by atoms with Crippen molar-refractivity contribution in [3.63, 3.8) is 0 Å². The van der Waals surface area contributed by atoms with Crippen LogP contribution in [0.5, 0.6) is 11.5 Å². The molecule has 0 saturated carbocycles. The summed E-state index contributed by atoms with van der Waals surface area (Å²) in [4.78, 5) is 11.9. The number of benzene rings is 2. The van der Waals surface area contributed by atoms with Crippen LogP contribution in [0.15, 0.2) is 48.5 Å². The molecule has 0 aliphatic rings. The van der Waals surface area contributed by atoms with Crippen molar-refractivity contribution in [3.05, 3.63) is 59.7 Å². The fourth-order valence-electron chi connectivity index (χ4n) is 1.80. The second-order valence-electron chi connectivity index (χ2n) is 4.27. The molecule has 0 heterocycles. The zero-order valence-electron chi connectivity index (χ0n) is 11.1. The molecular weight excluding hydrogens is 238 g/mol. The van der Waals surface area contributed by atoms with Crippen molar-refractivity contribution >= 4 is 5.91 Å². The highest BCUT2D eigenvalue weighted by Crippen LogP contribution is 2.25. The second-order valence-corrected chi connectivity index (χ2v) is 4.27. The lowest BCUT2D eigenvalue weighted by Crippen LogP contribution is -2.23. The average Bonchev–Trinajstić information content (AvgIpc) is 2.39.